The van der Waals surface area contributed by atoms with Gasteiger partial charge in [0.25, 0.3) is 5.91 Å². The van der Waals surface area contributed by atoms with Crippen LogP contribution >= 0.6 is 11.6 Å². The van der Waals surface area contributed by atoms with E-state index in [0.717, 1.165) is 30.6 Å². The number of likely N-dealkylation sites (tertiary alicyclic amines) is 1. The molecule has 0 spiro atoms. The Balaban J connectivity index is 1.28. The molecule has 3 heterocycles. The van der Waals surface area contributed by atoms with Crippen LogP contribution in [-0.2, 0) is 20.8 Å². The average Bonchev–Trinajstić information content (AvgIpc) is 3.04. The monoisotopic (exact) mass is 464 g/mol. The third kappa shape index (κ3) is 4.51. The van der Waals surface area contributed by atoms with Crippen LogP contribution < -0.4 is 5.32 Å². The van der Waals surface area contributed by atoms with Gasteiger partial charge in [-0.2, -0.15) is 0 Å². The fraction of sp³-hybridized carbons (Fsp3) is 0.524. The summed E-state index contributed by atoms with van der Waals surface area (Å²) in [5, 5.41) is 13.3. The van der Waals surface area contributed by atoms with Crippen molar-refractivity contribution in [3.63, 3.8) is 0 Å². The summed E-state index contributed by atoms with van der Waals surface area (Å²) in [5.74, 6) is -1.50. The van der Waals surface area contributed by atoms with E-state index in [1.165, 1.54) is 10.5 Å². The molecule has 2 unspecified atom stereocenters. The lowest BCUT2D eigenvalue weighted by Gasteiger charge is -2.33. The Morgan fingerprint density at radius 1 is 1.12 bits per heavy atom. The highest BCUT2D eigenvalue weighted by atomic mass is 35.5. The molecule has 0 aromatic heterocycles. The summed E-state index contributed by atoms with van der Waals surface area (Å²) in [5.41, 5.74) is 1.22. The van der Waals surface area contributed by atoms with Crippen LogP contribution in [-0.4, -0.2) is 82.2 Å². The van der Waals surface area contributed by atoms with Crippen LogP contribution in [0, 0.1) is 5.92 Å². The maximum atomic E-state index is 12.6. The summed E-state index contributed by atoms with van der Waals surface area (Å²) in [4.78, 5) is 56.7. The maximum Gasteiger partial charge on any atom is 0.434 e. The van der Waals surface area contributed by atoms with Gasteiger partial charge in [-0.3, -0.25) is 9.69 Å². The molecule has 0 radical (unpaired) electrons. The molecular weight excluding hydrogens is 440 g/mol. The number of nitrogens with zero attached hydrogens (tertiary/aromatic N) is 3. The van der Waals surface area contributed by atoms with Crippen molar-refractivity contribution in [3.05, 3.63) is 34.9 Å². The number of urea groups is 1. The van der Waals surface area contributed by atoms with Gasteiger partial charge < -0.3 is 20.2 Å². The number of hydroxylamine groups is 2. The van der Waals surface area contributed by atoms with Gasteiger partial charge in [0.1, 0.15) is 12.1 Å². The van der Waals surface area contributed by atoms with E-state index in [1.54, 1.807) is 0 Å². The van der Waals surface area contributed by atoms with Gasteiger partial charge >= 0.3 is 18.1 Å². The van der Waals surface area contributed by atoms with E-state index in [-0.39, 0.29) is 13.1 Å². The van der Waals surface area contributed by atoms with Crippen LogP contribution in [0.1, 0.15) is 24.8 Å². The second kappa shape index (κ2) is 9.33. The molecule has 10 nitrogen and oxygen atoms in total. The number of aryl methyl sites for hydroxylation is 1. The van der Waals surface area contributed by atoms with Crippen molar-refractivity contribution < 1.29 is 29.1 Å². The first-order valence-corrected chi connectivity index (χ1v) is 11.0. The summed E-state index contributed by atoms with van der Waals surface area (Å²) in [7, 11) is 0. The molecule has 11 heteroatoms. The molecule has 3 aliphatic rings. The van der Waals surface area contributed by atoms with E-state index >= 15 is 0 Å². The smallest absolute Gasteiger partial charge is 0.434 e. The predicted molar refractivity (Wildman–Crippen MR) is 113 cm³/mol. The SMILES string of the molecule is O=C(O)C1CNCC2C(=O)N(OC(=O)N3CCC(CCc4ccc(Cl)cc4)CC3)C(=O)N12. The number of imide groups is 1. The minimum absolute atomic E-state index is 0.0240. The van der Waals surface area contributed by atoms with Crippen molar-refractivity contribution in [1.29, 1.82) is 0 Å². The second-order valence-electron chi connectivity index (χ2n) is 8.30. The number of rotatable bonds is 5. The Bertz CT molecular complexity index is 902. The van der Waals surface area contributed by atoms with Crippen molar-refractivity contribution in [2.45, 2.75) is 37.8 Å². The van der Waals surface area contributed by atoms with Crippen molar-refractivity contribution in [3.8, 4) is 0 Å². The molecule has 0 aliphatic carbocycles. The second-order valence-corrected chi connectivity index (χ2v) is 8.74. The number of nitrogens with one attached hydrogen (secondary N) is 1. The number of amides is 4. The van der Waals surface area contributed by atoms with E-state index in [9.17, 15) is 24.3 Å². The lowest BCUT2D eigenvalue weighted by Crippen LogP contribution is -2.60. The molecule has 3 saturated heterocycles. The zero-order valence-electron chi connectivity index (χ0n) is 17.4. The molecule has 0 bridgehead atoms. The molecule has 3 fully saturated rings. The maximum absolute atomic E-state index is 12.6. The lowest BCUT2D eigenvalue weighted by molar-refractivity contribution is -0.152. The summed E-state index contributed by atoms with van der Waals surface area (Å²) in [6.45, 7) is 1.07. The third-order valence-electron chi connectivity index (χ3n) is 6.31. The standard InChI is InChI=1S/C21H25ClN4O6/c22-15-5-3-13(4-6-15)1-2-14-7-9-24(10-8-14)21(31)32-26-18(27)16-11-23-12-17(19(28)29)25(16)20(26)30/h3-6,14,16-17,23H,1-2,7-12H2,(H,28,29). The lowest BCUT2D eigenvalue weighted by atomic mass is 9.91. The highest BCUT2D eigenvalue weighted by Crippen LogP contribution is 2.26. The van der Waals surface area contributed by atoms with Gasteiger partial charge in [-0.1, -0.05) is 28.8 Å². The van der Waals surface area contributed by atoms with Crippen molar-refractivity contribution in [1.82, 2.24) is 20.2 Å². The van der Waals surface area contributed by atoms with Gasteiger partial charge in [-0.15, -0.1) is 0 Å². The van der Waals surface area contributed by atoms with Gasteiger partial charge in [-0.25, -0.2) is 14.4 Å². The van der Waals surface area contributed by atoms with Crippen LogP contribution in [0.25, 0.3) is 0 Å². The quantitative estimate of drug-likeness (QED) is 0.637. The number of carbonyl (C=O) groups excluding carboxylic acids is 3. The van der Waals surface area contributed by atoms with Gasteiger partial charge in [0, 0.05) is 31.2 Å². The fourth-order valence-electron chi connectivity index (χ4n) is 4.43. The van der Waals surface area contributed by atoms with Crippen LogP contribution in [0.4, 0.5) is 9.59 Å². The molecule has 32 heavy (non-hydrogen) atoms. The van der Waals surface area contributed by atoms with Gasteiger partial charge in [0.15, 0.2) is 0 Å². The van der Waals surface area contributed by atoms with Gasteiger partial charge in [0.2, 0.25) is 0 Å². The highest BCUT2D eigenvalue weighted by Gasteiger charge is 2.54. The van der Waals surface area contributed by atoms with Crippen LogP contribution in [0.15, 0.2) is 24.3 Å². The van der Waals surface area contributed by atoms with E-state index in [0.29, 0.717) is 29.1 Å². The van der Waals surface area contributed by atoms with Crippen molar-refractivity contribution >= 4 is 35.6 Å². The van der Waals surface area contributed by atoms with Crippen molar-refractivity contribution in [2.24, 2.45) is 5.92 Å². The number of hydrogen-bond donors (Lipinski definition) is 2. The van der Waals surface area contributed by atoms with Crippen LogP contribution in [0.2, 0.25) is 5.02 Å². The summed E-state index contributed by atoms with van der Waals surface area (Å²) >= 11 is 5.91. The number of piperidine rings is 1. The molecule has 4 rings (SSSR count). The van der Waals surface area contributed by atoms with Gasteiger partial charge in [0.05, 0.1) is 0 Å². The Morgan fingerprint density at radius 2 is 1.81 bits per heavy atom. The minimum Gasteiger partial charge on any atom is -0.480 e. The fourth-order valence-corrected chi connectivity index (χ4v) is 4.56. The predicted octanol–water partition coefficient (Wildman–Crippen LogP) is 1.73. The summed E-state index contributed by atoms with van der Waals surface area (Å²) in [6.07, 6.45) is 2.74. The third-order valence-corrected chi connectivity index (χ3v) is 6.56. The average molecular weight is 465 g/mol. The molecule has 1 aromatic carbocycles. The number of fused-ring (bicyclic) bond motifs is 1. The Morgan fingerprint density at radius 3 is 2.47 bits per heavy atom. The van der Waals surface area contributed by atoms with E-state index in [4.69, 9.17) is 16.4 Å². The minimum atomic E-state index is -1.22. The van der Waals surface area contributed by atoms with Crippen molar-refractivity contribution in [2.75, 3.05) is 26.2 Å². The first-order valence-electron chi connectivity index (χ1n) is 10.7. The molecule has 0 saturated carbocycles. The molecule has 2 N–H and O–H groups in total. The Labute approximate surface area is 190 Å². The summed E-state index contributed by atoms with van der Waals surface area (Å²) in [6, 6.07) is 4.66. The zero-order valence-corrected chi connectivity index (χ0v) is 18.2. The number of carboxylic acids is 1. The number of carbonyl (C=O) groups is 4. The molecule has 1 aromatic rings. The Kier molecular flexibility index (Phi) is 6.52. The number of halogens is 1. The topological polar surface area (TPSA) is 119 Å². The highest BCUT2D eigenvalue weighted by molar-refractivity contribution is 6.30. The largest absolute Gasteiger partial charge is 0.480 e. The zero-order chi connectivity index (χ0) is 22.8. The van der Waals surface area contributed by atoms with Crippen LogP contribution in [0.3, 0.4) is 0 Å². The van der Waals surface area contributed by atoms with Gasteiger partial charge in [-0.05, 0) is 49.3 Å². The van der Waals surface area contributed by atoms with E-state index in [1.807, 2.05) is 24.3 Å². The van der Waals surface area contributed by atoms with E-state index in [2.05, 4.69) is 5.32 Å². The number of carboxylic acid groups (broad SMARTS) is 1. The number of hydrogen-bond acceptors (Lipinski definition) is 6. The first kappa shape index (κ1) is 22.3. The number of aliphatic carboxylic acids is 1. The molecular formula is C21H25ClN4O6. The first-order chi connectivity index (χ1) is 15.3. The van der Waals surface area contributed by atoms with E-state index < -0.39 is 36.1 Å². The molecule has 4 amide bonds. The molecule has 172 valence electrons. The van der Waals surface area contributed by atoms with Crippen LogP contribution in [0.5, 0.6) is 0 Å². The normalized spacial score (nSPS) is 24.0. The number of benzene rings is 1. The summed E-state index contributed by atoms with van der Waals surface area (Å²) < 4.78 is 0. The Hall–Kier alpha value is -2.85. The molecule has 2 atom stereocenters. The number of piperazine rings is 1. The molecule has 3 aliphatic heterocycles.